The van der Waals surface area contributed by atoms with E-state index in [1.54, 1.807) is 12.3 Å². The lowest BCUT2D eigenvalue weighted by Crippen LogP contribution is -2.19. The fourth-order valence-electron chi connectivity index (χ4n) is 1.94. The fraction of sp³-hybridized carbons (Fsp3) is 0.231. The van der Waals surface area contributed by atoms with Crippen LogP contribution in [-0.2, 0) is 16.4 Å². The monoisotopic (exact) mass is 295 g/mol. The number of nitrogens with two attached hydrogens (primary N) is 2. The molecule has 1 atom stereocenters. The Morgan fingerprint density at radius 2 is 2.10 bits per heavy atom. The first kappa shape index (κ1) is 14.4. The molecule has 0 spiro atoms. The molecule has 0 saturated carbocycles. The Morgan fingerprint density at radius 1 is 1.35 bits per heavy atom. The summed E-state index contributed by atoms with van der Waals surface area (Å²) in [5, 5.41) is 8.28. The number of sulfonamides is 1. The maximum Gasteiger partial charge on any atom is 0.238 e. The van der Waals surface area contributed by atoms with Crippen molar-refractivity contribution in [3.63, 3.8) is 0 Å². The van der Waals surface area contributed by atoms with Crippen LogP contribution in [-0.4, -0.2) is 14.5 Å². The second-order valence-corrected chi connectivity index (χ2v) is 6.23. The second-order valence-electron chi connectivity index (χ2n) is 4.66. The highest BCUT2D eigenvalue weighted by Crippen LogP contribution is 2.21. The van der Waals surface area contributed by atoms with Crippen LogP contribution in [0.15, 0.2) is 45.9 Å². The highest BCUT2D eigenvalue weighted by atomic mass is 32.2. The van der Waals surface area contributed by atoms with Gasteiger partial charge in [0.2, 0.25) is 10.0 Å². The predicted molar refractivity (Wildman–Crippen MR) is 77.7 cm³/mol. The summed E-state index contributed by atoms with van der Waals surface area (Å²) >= 11 is 0. The number of anilines is 2. The fourth-order valence-corrected chi connectivity index (χ4v) is 2.53. The normalized spacial score (nSPS) is 13.1. The Labute approximate surface area is 117 Å². The molecule has 0 radical (unpaired) electrons. The molecule has 0 saturated heterocycles. The van der Waals surface area contributed by atoms with Gasteiger partial charge in [-0.05, 0) is 37.3 Å². The number of primary sulfonamides is 1. The summed E-state index contributed by atoms with van der Waals surface area (Å²) in [6.07, 6.45) is 2.29. The molecule has 1 heterocycles. The number of furan rings is 1. The average Bonchev–Trinajstić information content (AvgIpc) is 2.79. The molecule has 0 bridgehead atoms. The molecular weight excluding hydrogens is 278 g/mol. The molecule has 7 heteroatoms. The lowest BCUT2D eigenvalue weighted by Gasteiger charge is -2.15. The highest BCUT2D eigenvalue weighted by molar-refractivity contribution is 7.89. The summed E-state index contributed by atoms with van der Waals surface area (Å²) < 4.78 is 28.0. The van der Waals surface area contributed by atoms with Crippen molar-refractivity contribution in [2.75, 3.05) is 11.1 Å². The molecule has 2 aromatic rings. The molecule has 2 rings (SSSR count). The number of hydrogen-bond acceptors (Lipinski definition) is 5. The predicted octanol–water partition coefficient (Wildman–Crippen LogP) is 1.55. The van der Waals surface area contributed by atoms with Gasteiger partial charge in [-0.15, -0.1) is 0 Å². The van der Waals surface area contributed by atoms with Gasteiger partial charge in [0.05, 0.1) is 11.2 Å². The molecule has 1 aromatic carbocycles. The van der Waals surface area contributed by atoms with Crippen LogP contribution in [0.4, 0.5) is 11.4 Å². The van der Waals surface area contributed by atoms with E-state index in [-0.39, 0.29) is 10.9 Å². The van der Waals surface area contributed by atoms with Crippen molar-refractivity contribution in [3.05, 3.63) is 42.4 Å². The average molecular weight is 295 g/mol. The van der Waals surface area contributed by atoms with Gasteiger partial charge in [-0.1, -0.05) is 0 Å². The Morgan fingerprint density at radius 3 is 2.70 bits per heavy atom. The van der Waals surface area contributed by atoms with Crippen LogP contribution in [0.5, 0.6) is 0 Å². The summed E-state index contributed by atoms with van der Waals surface area (Å²) in [5.41, 5.74) is 6.63. The van der Waals surface area contributed by atoms with Crippen molar-refractivity contribution < 1.29 is 12.8 Å². The Balaban J connectivity index is 2.15. The van der Waals surface area contributed by atoms with Crippen molar-refractivity contribution >= 4 is 21.4 Å². The van der Waals surface area contributed by atoms with Gasteiger partial charge >= 0.3 is 0 Å². The van der Waals surface area contributed by atoms with Gasteiger partial charge in [-0.25, -0.2) is 13.6 Å². The van der Waals surface area contributed by atoms with E-state index in [9.17, 15) is 8.42 Å². The van der Waals surface area contributed by atoms with Crippen LogP contribution in [0.1, 0.15) is 12.7 Å². The molecule has 1 unspecified atom stereocenters. The van der Waals surface area contributed by atoms with E-state index in [4.69, 9.17) is 15.3 Å². The zero-order valence-electron chi connectivity index (χ0n) is 11.0. The first-order valence-corrected chi connectivity index (χ1v) is 7.61. The molecule has 5 N–H and O–H groups in total. The molecule has 108 valence electrons. The minimum atomic E-state index is -3.77. The molecule has 0 aliphatic rings. The molecule has 0 fully saturated rings. The van der Waals surface area contributed by atoms with Crippen molar-refractivity contribution in [2.24, 2.45) is 5.14 Å². The van der Waals surface area contributed by atoms with E-state index >= 15 is 0 Å². The van der Waals surface area contributed by atoms with E-state index in [0.29, 0.717) is 17.8 Å². The smallest absolute Gasteiger partial charge is 0.238 e. The number of rotatable bonds is 5. The van der Waals surface area contributed by atoms with Crippen LogP contribution >= 0.6 is 0 Å². The standard InChI is InChI=1S/C13H17N3O3S/c1-9(5-12-3-2-4-19-12)16-11-6-10(14)7-13(8-11)20(15,17)18/h2-4,6-9,16H,5,14H2,1H3,(H2,15,17,18). The Hall–Kier alpha value is -1.99. The molecule has 6 nitrogen and oxygen atoms in total. The first-order chi connectivity index (χ1) is 9.34. The van der Waals surface area contributed by atoms with E-state index in [1.807, 2.05) is 19.1 Å². The molecular formula is C13H17N3O3S. The van der Waals surface area contributed by atoms with Gasteiger partial charge in [0.25, 0.3) is 0 Å². The summed E-state index contributed by atoms with van der Waals surface area (Å²) in [4.78, 5) is -0.00908. The van der Waals surface area contributed by atoms with Crippen LogP contribution < -0.4 is 16.2 Å². The van der Waals surface area contributed by atoms with Gasteiger partial charge in [0, 0.05) is 23.8 Å². The lowest BCUT2D eigenvalue weighted by atomic mass is 10.2. The van der Waals surface area contributed by atoms with E-state index < -0.39 is 10.0 Å². The molecule has 0 amide bonds. The number of nitrogens with one attached hydrogen (secondary N) is 1. The minimum absolute atomic E-state index is 0.00908. The van der Waals surface area contributed by atoms with Gasteiger partial charge in [-0.2, -0.15) is 0 Å². The maximum atomic E-state index is 11.4. The van der Waals surface area contributed by atoms with Crippen molar-refractivity contribution in [3.8, 4) is 0 Å². The van der Waals surface area contributed by atoms with Crippen LogP contribution in [0, 0.1) is 0 Å². The third kappa shape index (κ3) is 3.75. The van der Waals surface area contributed by atoms with E-state index in [2.05, 4.69) is 5.32 Å². The quantitative estimate of drug-likeness (QED) is 0.725. The van der Waals surface area contributed by atoms with E-state index in [0.717, 1.165) is 5.76 Å². The van der Waals surface area contributed by atoms with Crippen molar-refractivity contribution in [2.45, 2.75) is 24.3 Å². The summed E-state index contributed by atoms with van der Waals surface area (Å²) in [7, 11) is -3.77. The van der Waals surface area contributed by atoms with E-state index in [1.165, 1.54) is 12.1 Å². The number of benzene rings is 1. The second kappa shape index (κ2) is 5.56. The van der Waals surface area contributed by atoms with Crippen LogP contribution in [0.3, 0.4) is 0 Å². The first-order valence-electron chi connectivity index (χ1n) is 6.07. The molecule has 20 heavy (non-hydrogen) atoms. The van der Waals surface area contributed by atoms with Gasteiger partial charge in [-0.3, -0.25) is 0 Å². The largest absolute Gasteiger partial charge is 0.469 e. The summed E-state index contributed by atoms with van der Waals surface area (Å²) in [6.45, 7) is 1.96. The number of nitrogen functional groups attached to an aromatic ring is 1. The Bertz CT molecular complexity index is 681. The topological polar surface area (TPSA) is 111 Å². The highest BCUT2D eigenvalue weighted by Gasteiger charge is 2.12. The molecule has 0 aliphatic carbocycles. The molecule has 1 aromatic heterocycles. The summed E-state index contributed by atoms with van der Waals surface area (Å²) in [5.74, 6) is 0.848. The zero-order chi connectivity index (χ0) is 14.8. The lowest BCUT2D eigenvalue weighted by molar-refractivity contribution is 0.498. The van der Waals surface area contributed by atoms with Crippen LogP contribution in [0.2, 0.25) is 0 Å². The third-order valence-electron chi connectivity index (χ3n) is 2.76. The van der Waals surface area contributed by atoms with Crippen LogP contribution in [0.25, 0.3) is 0 Å². The van der Waals surface area contributed by atoms with Crippen molar-refractivity contribution in [1.29, 1.82) is 0 Å². The van der Waals surface area contributed by atoms with Gasteiger partial charge in [0.15, 0.2) is 0 Å². The van der Waals surface area contributed by atoms with Crippen molar-refractivity contribution in [1.82, 2.24) is 0 Å². The molecule has 0 aliphatic heterocycles. The zero-order valence-corrected chi connectivity index (χ0v) is 11.9. The third-order valence-corrected chi connectivity index (χ3v) is 3.65. The summed E-state index contributed by atoms with van der Waals surface area (Å²) in [6, 6.07) is 8.21. The van der Waals surface area contributed by atoms with Gasteiger partial charge < -0.3 is 15.5 Å². The minimum Gasteiger partial charge on any atom is -0.469 e. The van der Waals surface area contributed by atoms with Gasteiger partial charge in [0.1, 0.15) is 5.76 Å². The SMILES string of the molecule is CC(Cc1ccco1)Nc1cc(N)cc(S(N)(=O)=O)c1. The Kier molecular flexibility index (Phi) is 4.01. The number of hydrogen-bond donors (Lipinski definition) is 3. The maximum absolute atomic E-state index is 11.4.